The summed E-state index contributed by atoms with van der Waals surface area (Å²) in [5.74, 6) is 1.06. The smallest absolute Gasteiger partial charge is 0.266 e. The Morgan fingerprint density at radius 3 is 2.56 bits per heavy atom. The van der Waals surface area contributed by atoms with Crippen LogP contribution in [0.1, 0.15) is 39.0 Å². The van der Waals surface area contributed by atoms with E-state index in [9.17, 15) is 9.59 Å². The average molecular weight is 452 g/mol. The molecule has 1 aliphatic carbocycles. The van der Waals surface area contributed by atoms with E-state index in [0.29, 0.717) is 34.4 Å². The van der Waals surface area contributed by atoms with Crippen LogP contribution in [0.25, 0.3) is 16.6 Å². The van der Waals surface area contributed by atoms with E-state index >= 15 is 0 Å². The number of amides is 1. The molecular weight excluding hydrogens is 422 g/mol. The fourth-order valence-corrected chi connectivity index (χ4v) is 5.13. The van der Waals surface area contributed by atoms with Crippen molar-refractivity contribution < 1.29 is 9.53 Å². The second-order valence-electron chi connectivity index (χ2n) is 8.06. The van der Waals surface area contributed by atoms with Gasteiger partial charge < -0.3 is 9.64 Å². The fourth-order valence-electron chi connectivity index (χ4n) is 4.20. The maximum Gasteiger partial charge on any atom is 0.266 e. The van der Waals surface area contributed by atoms with Gasteiger partial charge >= 0.3 is 0 Å². The molecule has 1 aliphatic rings. The number of benzene rings is 2. The SMILES string of the molecule is CCOc1ccc(-n2c(SCC(=O)N(C)C3CCCCC3)nc3ccccc3c2=O)cc1. The first-order chi connectivity index (χ1) is 15.6. The molecule has 32 heavy (non-hydrogen) atoms. The number of rotatable bonds is 7. The lowest BCUT2D eigenvalue weighted by atomic mass is 9.94. The number of carbonyl (C=O) groups excluding carboxylic acids is 1. The molecule has 1 amide bonds. The third-order valence-corrected chi connectivity index (χ3v) is 6.91. The summed E-state index contributed by atoms with van der Waals surface area (Å²) >= 11 is 1.32. The lowest BCUT2D eigenvalue weighted by Crippen LogP contribution is -2.39. The molecular formula is C25H29N3O3S. The summed E-state index contributed by atoms with van der Waals surface area (Å²) in [7, 11) is 1.90. The fraction of sp³-hybridized carbons (Fsp3) is 0.400. The number of ether oxygens (including phenoxy) is 1. The van der Waals surface area contributed by atoms with Gasteiger partial charge in [-0.15, -0.1) is 0 Å². The van der Waals surface area contributed by atoms with Crippen LogP contribution in [0.3, 0.4) is 0 Å². The minimum absolute atomic E-state index is 0.0718. The number of hydrogen-bond acceptors (Lipinski definition) is 5. The van der Waals surface area contributed by atoms with Gasteiger partial charge in [0.05, 0.1) is 29.0 Å². The Hall–Kier alpha value is -2.80. The van der Waals surface area contributed by atoms with Crippen molar-refractivity contribution in [3.05, 3.63) is 58.9 Å². The minimum atomic E-state index is -0.143. The molecule has 0 saturated heterocycles. The summed E-state index contributed by atoms with van der Waals surface area (Å²) in [5.41, 5.74) is 1.19. The van der Waals surface area contributed by atoms with Gasteiger partial charge in [-0.05, 0) is 56.2 Å². The summed E-state index contributed by atoms with van der Waals surface area (Å²) < 4.78 is 7.13. The van der Waals surface area contributed by atoms with E-state index < -0.39 is 0 Å². The molecule has 0 bridgehead atoms. The largest absolute Gasteiger partial charge is 0.494 e. The number of hydrogen-bond donors (Lipinski definition) is 0. The normalized spacial score (nSPS) is 14.4. The van der Waals surface area contributed by atoms with Crippen molar-refractivity contribution >= 4 is 28.6 Å². The zero-order valence-corrected chi connectivity index (χ0v) is 19.4. The van der Waals surface area contributed by atoms with Crippen LogP contribution >= 0.6 is 11.8 Å². The van der Waals surface area contributed by atoms with Gasteiger partial charge in [0.25, 0.3) is 5.56 Å². The molecule has 3 aromatic rings. The number of aromatic nitrogens is 2. The van der Waals surface area contributed by atoms with Gasteiger partial charge in [-0.3, -0.25) is 14.2 Å². The van der Waals surface area contributed by atoms with Gasteiger partial charge in [-0.1, -0.05) is 43.2 Å². The average Bonchev–Trinajstić information content (AvgIpc) is 2.83. The van der Waals surface area contributed by atoms with Crippen molar-refractivity contribution in [2.75, 3.05) is 19.4 Å². The van der Waals surface area contributed by atoms with Gasteiger partial charge in [0.2, 0.25) is 5.91 Å². The third-order valence-electron chi connectivity index (χ3n) is 5.99. The highest BCUT2D eigenvalue weighted by Crippen LogP contribution is 2.25. The van der Waals surface area contributed by atoms with Crippen molar-refractivity contribution in [1.82, 2.24) is 14.5 Å². The highest BCUT2D eigenvalue weighted by atomic mass is 32.2. The molecule has 1 aromatic heterocycles. The highest BCUT2D eigenvalue weighted by Gasteiger charge is 2.23. The molecule has 0 atom stereocenters. The summed E-state index contributed by atoms with van der Waals surface area (Å²) in [4.78, 5) is 32.9. The van der Waals surface area contributed by atoms with Crippen LogP contribution in [0.5, 0.6) is 5.75 Å². The molecule has 0 spiro atoms. The van der Waals surface area contributed by atoms with E-state index in [1.807, 2.05) is 61.3 Å². The Balaban J connectivity index is 1.64. The van der Waals surface area contributed by atoms with Crippen molar-refractivity contribution in [3.8, 4) is 11.4 Å². The van der Waals surface area contributed by atoms with Crippen molar-refractivity contribution in [2.24, 2.45) is 0 Å². The van der Waals surface area contributed by atoms with Crippen LogP contribution in [0.2, 0.25) is 0 Å². The van der Waals surface area contributed by atoms with Gasteiger partial charge in [0.15, 0.2) is 5.16 Å². The summed E-state index contributed by atoms with van der Waals surface area (Å²) in [6, 6.07) is 15.0. The molecule has 1 fully saturated rings. The van der Waals surface area contributed by atoms with E-state index in [0.717, 1.165) is 18.6 Å². The lowest BCUT2D eigenvalue weighted by molar-refractivity contribution is -0.129. The number of para-hydroxylation sites is 1. The summed E-state index contributed by atoms with van der Waals surface area (Å²) in [6.07, 6.45) is 5.75. The Labute approximate surface area is 192 Å². The minimum Gasteiger partial charge on any atom is -0.494 e. The highest BCUT2D eigenvalue weighted by molar-refractivity contribution is 7.99. The Morgan fingerprint density at radius 1 is 1.12 bits per heavy atom. The maximum atomic E-state index is 13.4. The molecule has 0 aliphatic heterocycles. The van der Waals surface area contributed by atoms with Gasteiger partial charge in [-0.25, -0.2) is 4.98 Å². The number of thioether (sulfide) groups is 1. The summed E-state index contributed by atoms with van der Waals surface area (Å²) in [6.45, 7) is 2.51. The Bertz CT molecular complexity index is 1140. The second kappa shape index (κ2) is 10.2. The molecule has 1 heterocycles. The number of nitrogens with zero attached hydrogens (tertiary/aromatic N) is 3. The number of fused-ring (bicyclic) bond motifs is 1. The lowest BCUT2D eigenvalue weighted by Gasteiger charge is -2.31. The van der Waals surface area contributed by atoms with Gasteiger partial charge in [-0.2, -0.15) is 0 Å². The van der Waals surface area contributed by atoms with E-state index in [1.165, 1.54) is 31.0 Å². The van der Waals surface area contributed by atoms with E-state index in [4.69, 9.17) is 9.72 Å². The van der Waals surface area contributed by atoms with Crippen LogP contribution < -0.4 is 10.3 Å². The predicted octanol–water partition coefficient (Wildman–Crippen LogP) is 4.67. The Kier molecular flexibility index (Phi) is 7.15. The van der Waals surface area contributed by atoms with Crippen molar-refractivity contribution in [1.29, 1.82) is 0 Å². The van der Waals surface area contributed by atoms with Crippen molar-refractivity contribution in [3.63, 3.8) is 0 Å². The molecule has 0 unspecified atom stereocenters. The van der Waals surface area contributed by atoms with Crippen LogP contribution in [0, 0.1) is 0 Å². The molecule has 7 heteroatoms. The predicted molar refractivity (Wildman–Crippen MR) is 129 cm³/mol. The van der Waals surface area contributed by atoms with Crippen LogP contribution in [-0.2, 0) is 4.79 Å². The maximum absolute atomic E-state index is 13.4. The van der Waals surface area contributed by atoms with Crippen LogP contribution in [0.15, 0.2) is 58.5 Å². The van der Waals surface area contributed by atoms with E-state index in [-0.39, 0.29) is 17.2 Å². The quantitative estimate of drug-likeness (QED) is 0.386. The monoisotopic (exact) mass is 451 g/mol. The molecule has 4 rings (SSSR count). The standard InChI is InChI=1S/C25H29N3O3S/c1-3-31-20-15-13-19(14-16-20)28-24(30)21-11-7-8-12-22(21)26-25(28)32-17-23(29)27(2)18-9-5-4-6-10-18/h7-8,11-16,18H,3-6,9-10,17H2,1-2H3. The molecule has 2 aromatic carbocycles. The van der Waals surface area contributed by atoms with Crippen LogP contribution in [0.4, 0.5) is 0 Å². The van der Waals surface area contributed by atoms with Gasteiger partial charge in [0, 0.05) is 13.1 Å². The first kappa shape index (κ1) is 22.4. The van der Waals surface area contributed by atoms with E-state index in [1.54, 1.807) is 10.6 Å². The van der Waals surface area contributed by atoms with Gasteiger partial charge in [0.1, 0.15) is 5.75 Å². The zero-order chi connectivity index (χ0) is 22.5. The first-order valence-corrected chi connectivity index (χ1v) is 12.2. The molecule has 0 radical (unpaired) electrons. The van der Waals surface area contributed by atoms with Crippen molar-refractivity contribution in [2.45, 2.75) is 50.2 Å². The van der Waals surface area contributed by atoms with E-state index in [2.05, 4.69) is 0 Å². The second-order valence-corrected chi connectivity index (χ2v) is 9.01. The zero-order valence-electron chi connectivity index (χ0n) is 18.6. The van der Waals surface area contributed by atoms with Crippen LogP contribution in [-0.4, -0.2) is 45.8 Å². The number of carbonyl (C=O) groups is 1. The first-order valence-electron chi connectivity index (χ1n) is 11.2. The Morgan fingerprint density at radius 2 is 1.84 bits per heavy atom. The third kappa shape index (κ3) is 4.83. The topological polar surface area (TPSA) is 64.4 Å². The molecule has 0 N–H and O–H groups in total. The summed E-state index contributed by atoms with van der Waals surface area (Å²) in [5, 5.41) is 1.07. The molecule has 1 saturated carbocycles. The molecule has 168 valence electrons. The molecule has 6 nitrogen and oxygen atoms in total.